The molecule has 0 aromatic heterocycles. The maximum atomic E-state index is 11.5. The van der Waals surface area contributed by atoms with Gasteiger partial charge < -0.3 is 19.5 Å². The van der Waals surface area contributed by atoms with Gasteiger partial charge >= 0.3 is 0 Å². The quantitative estimate of drug-likeness (QED) is 0.822. The van der Waals surface area contributed by atoms with Crippen LogP contribution in [0.3, 0.4) is 0 Å². The number of benzene rings is 1. The predicted molar refractivity (Wildman–Crippen MR) is 72.9 cm³/mol. The first-order valence-electron chi connectivity index (χ1n) is 6.22. The molecule has 0 atom stereocenters. The molecular formula is C14H21NO4. The molecule has 0 fully saturated rings. The number of hydrogen-bond acceptors (Lipinski definition) is 4. The Balaban J connectivity index is 2.92. The zero-order valence-electron chi connectivity index (χ0n) is 11.9. The van der Waals surface area contributed by atoms with Crippen LogP contribution in [0.5, 0.6) is 17.2 Å². The lowest BCUT2D eigenvalue weighted by Gasteiger charge is -2.16. The first-order valence-corrected chi connectivity index (χ1v) is 6.22. The monoisotopic (exact) mass is 267 g/mol. The number of nitrogens with one attached hydrogen (secondary N) is 1. The van der Waals surface area contributed by atoms with E-state index in [2.05, 4.69) is 5.32 Å². The molecule has 1 aromatic rings. The van der Waals surface area contributed by atoms with E-state index >= 15 is 0 Å². The topological polar surface area (TPSA) is 56.8 Å². The number of hydrogen-bond donors (Lipinski definition) is 1. The van der Waals surface area contributed by atoms with Gasteiger partial charge in [-0.1, -0.05) is 6.92 Å². The summed E-state index contributed by atoms with van der Waals surface area (Å²) in [4.78, 5) is 11.5. The largest absolute Gasteiger partial charge is 0.493 e. The Morgan fingerprint density at radius 1 is 1.11 bits per heavy atom. The Bertz CT molecular complexity index is 432. The molecule has 0 saturated heterocycles. The summed E-state index contributed by atoms with van der Waals surface area (Å²) in [6.45, 7) is 2.37. The van der Waals surface area contributed by atoms with Gasteiger partial charge in [0, 0.05) is 18.5 Å². The van der Waals surface area contributed by atoms with Gasteiger partial charge in [0.25, 0.3) is 0 Å². The van der Waals surface area contributed by atoms with E-state index in [1.165, 1.54) is 0 Å². The molecule has 0 aliphatic rings. The van der Waals surface area contributed by atoms with Crippen LogP contribution in [0.25, 0.3) is 0 Å². The fourth-order valence-corrected chi connectivity index (χ4v) is 1.81. The smallest absolute Gasteiger partial charge is 0.220 e. The molecule has 19 heavy (non-hydrogen) atoms. The molecule has 106 valence electrons. The summed E-state index contributed by atoms with van der Waals surface area (Å²) in [5, 5.41) is 2.85. The number of methoxy groups -OCH3 is 3. The summed E-state index contributed by atoms with van der Waals surface area (Å²) < 4.78 is 15.8. The maximum Gasteiger partial charge on any atom is 0.220 e. The molecule has 1 amide bonds. The Labute approximate surface area is 113 Å². The second-order valence-corrected chi connectivity index (χ2v) is 4.02. The number of rotatable bonds is 7. The van der Waals surface area contributed by atoms with Gasteiger partial charge in [0.2, 0.25) is 11.7 Å². The molecule has 5 heteroatoms. The van der Waals surface area contributed by atoms with Gasteiger partial charge in [-0.2, -0.15) is 0 Å². The van der Waals surface area contributed by atoms with Crippen molar-refractivity contribution in [3.8, 4) is 17.2 Å². The van der Waals surface area contributed by atoms with E-state index in [0.29, 0.717) is 30.2 Å². The number of amides is 1. The second-order valence-electron chi connectivity index (χ2n) is 4.02. The standard InChI is InChI=1S/C14H21NO4/c1-5-6-12(16)15-9-10-7-8-11(17-2)14(19-4)13(10)18-3/h7-8H,5-6,9H2,1-4H3,(H,15,16). The van der Waals surface area contributed by atoms with Gasteiger partial charge in [-0.05, 0) is 18.6 Å². The minimum Gasteiger partial charge on any atom is -0.493 e. The van der Waals surface area contributed by atoms with Crippen molar-refractivity contribution in [1.29, 1.82) is 0 Å². The Morgan fingerprint density at radius 3 is 2.32 bits per heavy atom. The van der Waals surface area contributed by atoms with Crippen LogP contribution < -0.4 is 19.5 Å². The van der Waals surface area contributed by atoms with E-state index in [0.717, 1.165) is 12.0 Å². The number of carbonyl (C=O) groups excluding carboxylic acids is 1. The molecule has 0 spiro atoms. The zero-order chi connectivity index (χ0) is 14.3. The van der Waals surface area contributed by atoms with Crippen LogP contribution in [0.15, 0.2) is 12.1 Å². The lowest BCUT2D eigenvalue weighted by Crippen LogP contribution is -2.22. The lowest BCUT2D eigenvalue weighted by molar-refractivity contribution is -0.121. The SMILES string of the molecule is CCCC(=O)NCc1ccc(OC)c(OC)c1OC. The molecule has 0 unspecified atom stereocenters. The third-order valence-corrected chi connectivity index (χ3v) is 2.74. The van der Waals surface area contributed by atoms with Crippen LogP contribution in [-0.2, 0) is 11.3 Å². The fraction of sp³-hybridized carbons (Fsp3) is 0.500. The van der Waals surface area contributed by atoms with Crippen molar-refractivity contribution in [3.63, 3.8) is 0 Å². The Kier molecular flexibility index (Phi) is 5.99. The van der Waals surface area contributed by atoms with Crippen LogP contribution in [-0.4, -0.2) is 27.2 Å². The van der Waals surface area contributed by atoms with Crippen molar-refractivity contribution in [3.05, 3.63) is 17.7 Å². The molecule has 0 heterocycles. The molecule has 0 saturated carbocycles. The molecule has 0 bridgehead atoms. The average Bonchev–Trinajstić information content (AvgIpc) is 2.43. The highest BCUT2D eigenvalue weighted by molar-refractivity contribution is 5.76. The van der Waals surface area contributed by atoms with Gasteiger partial charge in [0.15, 0.2) is 11.5 Å². The van der Waals surface area contributed by atoms with Crippen molar-refractivity contribution in [2.45, 2.75) is 26.3 Å². The summed E-state index contributed by atoms with van der Waals surface area (Å²) in [6, 6.07) is 3.65. The van der Waals surface area contributed by atoms with Crippen molar-refractivity contribution in [1.82, 2.24) is 5.32 Å². The minimum atomic E-state index is 0.0272. The molecule has 1 rings (SSSR count). The van der Waals surface area contributed by atoms with Crippen molar-refractivity contribution < 1.29 is 19.0 Å². The highest BCUT2D eigenvalue weighted by Crippen LogP contribution is 2.39. The normalized spacial score (nSPS) is 9.89. The van der Waals surface area contributed by atoms with Gasteiger partial charge in [-0.3, -0.25) is 4.79 Å². The number of carbonyl (C=O) groups is 1. The van der Waals surface area contributed by atoms with Crippen LogP contribution in [0.4, 0.5) is 0 Å². The van der Waals surface area contributed by atoms with E-state index in [1.54, 1.807) is 27.4 Å². The highest BCUT2D eigenvalue weighted by atomic mass is 16.5. The molecule has 5 nitrogen and oxygen atoms in total. The van der Waals surface area contributed by atoms with E-state index in [4.69, 9.17) is 14.2 Å². The van der Waals surface area contributed by atoms with Gasteiger partial charge in [-0.15, -0.1) is 0 Å². The van der Waals surface area contributed by atoms with E-state index in [1.807, 2.05) is 13.0 Å². The van der Waals surface area contributed by atoms with Crippen molar-refractivity contribution >= 4 is 5.91 Å². The van der Waals surface area contributed by atoms with Gasteiger partial charge in [-0.25, -0.2) is 0 Å². The van der Waals surface area contributed by atoms with Crippen molar-refractivity contribution in [2.24, 2.45) is 0 Å². The van der Waals surface area contributed by atoms with Crippen LogP contribution in [0.1, 0.15) is 25.3 Å². The van der Waals surface area contributed by atoms with Gasteiger partial charge in [0.05, 0.1) is 21.3 Å². The fourth-order valence-electron chi connectivity index (χ4n) is 1.81. The number of ether oxygens (including phenoxy) is 3. The van der Waals surface area contributed by atoms with E-state index < -0.39 is 0 Å². The third-order valence-electron chi connectivity index (χ3n) is 2.74. The lowest BCUT2D eigenvalue weighted by atomic mass is 10.1. The predicted octanol–water partition coefficient (Wildman–Crippen LogP) is 2.13. The van der Waals surface area contributed by atoms with E-state index in [-0.39, 0.29) is 5.91 Å². The first kappa shape index (κ1) is 15.1. The van der Waals surface area contributed by atoms with Crippen molar-refractivity contribution in [2.75, 3.05) is 21.3 Å². The molecule has 0 aliphatic carbocycles. The van der Waals surface area contributed by atoms with Gasteiger partial charge in [0.1, 0.15) is 0 Å². The maximum absolute atomic E-state index is 11.5. The Morgan fingerprint density at radius 2 is 1.79 bits per heavy atom. The van der Waals surface area contributed by atoms with Crippen LogP contribution >= 0.6 is 0 Å². The second kappa shape index (κ2) is 7.51. The Hall–Kier alpha value is -1.91. The molecule has 0 radical (unpaired) electrons. The summed E-state index contributed by atoms with van der Waals surface area (Å²) in [7, 11) is 4.69. The molecule has 0 aliphatic heterocycles. The molecule has 1 aromatic carbocycles. The average molecular weight is 267 g/mol. The molecular weight excluding hydrogens is 246 g/mol. The summed E-state index contributed by atoms with van der Waals surface area (Å²) >= 11 is 0. The zero-order valence-corrected chi connectivity index (χ0v) is 11.9. The highest BCUT2D eigenvalue weighted by Gasteiger charge is 2.15. The summed E-state index contributed by atoms with van der Waals surface area (Å²) in [6.07, 6.45) is 1.35. The summed E-state index contributed by atoms with van der Waals surface area (Å²) in [5.41, 5.74) is 0.851. The van der Waals surface area contributed by atoms with Crippen LogP contribution in [0.2, 0.25) is 0 Å². The first-order chi connectivity index (χ1) is 9.17. The van der Waals surface area contributed by atoms with E-state index in [9.17, 15) is 4.79 Å². The minimum absolute atomic E-state index is 0.0272. The van der Waals surface area contributed by atoms with Crippen LogP contribution in [0, 0.1) is 0 Å². The molecule has 1 N–H and O–H groups in total. The third kappa shape index (κ3) is 3.77. The summed E-state index contributed by atoms with van der Waals surface area (Å²) in [5.74, 6) is 1.74.